The largest absolute Gasteiger partial charge is 0.366 e. The Balaban J connectivity index is 1.75. The number of urea groups is 1. The van der Waals surface area contributed by atoms with Gasteiger partial charge in [0.15, 0.2) is 0 Å². The number of carbonyl (C=O) groups excluding carboxylic acids is 3. The van der Waals surface area contributed by atoms with E-state index >= 15 is 0 Å². The van der Waals surface area contributed by atoms with E-state index < -0.39 is 17.8 Å². The molecule has 0 aliphatic carbocycles. The molecule has 6 nitrogen and oxygen atoms in total. The van der Waals surface area contributed by atoms with Crippen LogP contribution in [0.4, 0.5) is 16.2 Å². The average Bonchev–Trinajstić information content (AvgIpc) is 2.77. The Kier molecular flexibility index (Phi) is 6.11. The lowest BCUT2D eigenvalue weighted by Crippen LogP contribution is -2.54. The topological polar surface area (TPSA) is 69.7 Å². The number of imide groups is 2. The van der Waals surface area contributed by atoms with E-state index in [9.17, 15) is 14.4 Å². The molecule has 4 amide bonds. The molecule has 4 rings (SSSR count). The number of barbiturate groups is 1. The summed E-state index contributed by atoms with van der Waals surface area (Å²) in [4.78, 5) is 42.0. The second-order valence-corrected chi connectivity index (χ2v) is 9.91. The van der Waals surface area contributed by atoms with Crippen molar-refractivity contribution in [3.8, 4) is 0 Å². The zero-order valence-electron chi connectivity index (χ0n) is 20.9. The lowest BCUT2D eigenvalue weighted by molar-refractivity contribution is -0.122. The maximum atomic E-state index is 13.3. The second kappa shape index (κ2) is 8.75. The standard InChI is InChI=1S/C28H33N3O3/c1-7-19-9-11-21(12-10-19)31-26(33)23(25(32)29-27(31)34)15-20-14-22-18(4)16-28(5,6)30(8-2)24(22)13-17(20)3/h9-15,18H,7-8,16H2,1-6H3,(H,29,32,34)/b23-15+/t18-/m1/s1. The number of benzene rings is 2. The van der Waals surface area contributed by atoms with E-state index in [0.29, 0.717) is 11.6 Å². The molecule has 0 spiro atoms. The maximum absolute atomic E-state index is 13.3. The molecule has 0 unspecified atom stereocenters. The Morgan fingerprint density at radius 3 is 2.38 bits per heavy atom. The smallest absolute Gasteiger partial charge is 0.335 e. The van der Waals surface area contributed by atoms with Crippen molar-refractivity contribution < 1.29 is 14.4 Å². The third kappa shape index (κ3) is 4.02. The van der Waals surface area contributed by atoms with Crippen molar-refractivity contribution in [1.82, 2.24) is 5.32 Å². The zero-order valence-corrected chi connectivity index (χ0v) is 20.9. The summed E-state index contributed by atoms with van der Waals surface area (Å²) in [5.74, 6) is -0.936. The number of anilines is 2. The Morgan fingerprint density at radius 1 is 1.09 bits per heavy atom. The van der Waals surface area contributed by atoms with Crippen molar-refractivity contribution in [2.24, 2.45) is 0 Å². The molecule has 2 heterocycles. The molecule has 0 bridgehead atoms. The Morgan fingerprint density at radius 2 is 1.76 bits per heavy atom. The molecule has 2 aliphatic heterocycles. The molecule has 0 saturated carbocycles. The number of fused-ring (bicyclic) bond motifs is 1. The van der Waals surface area contributed by atoms with Crippen molar-refractivity contribution in [2.75, 3.05) is 16.3 Å². The number of nitrogens with one attached hydrogen (secondary N) is 1. The van der Waals surface area contributed by atoms with Gasteiger partial charge in [-0.15, -0.1) is 0 Å². The van der Waals surface area contributed by atoms with Crippen LogP contribution < -0.4 is 15.1 Å². The van der Waals surface area contributed by atoms with E-state index in [2.05, 4.69) is 50.0 Å². The van der Waals surface area contributed by atoms with Crippen molar-refractivity contribution in [3.05, 3.63) is 64.2 Å². The van der Waals surface area contributed by atoms with Crippen LogP contribution in [0.3, 0.4) is 0 Å². The minimum absolute atomic E-state index is 0.0432. The van der Waals surface area contributed by atoms with Gasteiger partial charge < -0.3 is 4.90 Å². The zero-order chi connectivity index (χ0) is 24.8. The third-order valence-electron chi connectivity index (χ3n) is 7.09. The highest BCUT2D eigenvalue weighted by Gasteiger charge is 2.38. The SMILES string of the molecule is CCc1ccc(N2C(=O)NC(=O)/C(=C\c3cc4c(cc3C)N(CC)C(C)(C)C[C@H]4C)C2=O)cc1. The summed E-state index contributed by atoms with van der Waals surface area (Å²) < 4.78 is 0. The van der Waals surface area contributed by atoms with E-state index in [1.165, 1.54) is 11.3 Å². The first-order chi connectivity index (χ1) is 16.1. The van der Waals surface area contributed by atoms with Gasteiger partial charge in [0.1, 0.15) is 5.57 Å². The Labute approximate surface area is 201 Å². The minimum Gasteiger partial charge on any atom is -0.366 e. The first kappa shape index (κ1) is 23.7. The number of rotatable bonds is 4. The van der Waals surface area contributed by atoms with Gasteiger partial charge in [-0.2, -0.15) is 0 Å². The van der Waals surface area contributed by atoms with Crippen LogP contribution in [0.2, 0.25) is 0 Å². The van der Waals surface area contributed by atoms with Crippen LogP contribution in [0.25, 0.3) is 6.08 Å². The summed E-state index contributed by atoms with van der Waals surface area (Å²) in [5, 5.41) is 2.33. The average molecular weight is 460 g/mol. The molecule has 2 aliphatic rings. The summed E-state index contributed by atoms with van der Waals surface area (Å²) in [7, 11) is 0. The van der Waals surface area contributed by atoms with E-state index in [-0.39, 0.29) is 11.1 Å². The normalized spacial score (nSPS) is 21.1. The maximum Gasteiger partial charge on any atom is 0.335 e. The van der Waals surface area contributed by atoms with Gasteiger partial charge in [0.05, 0.1) is 5.69 Å². The lowest BCUT2D eigenvalue weighted by Gasteiger charge is -2.47. The highest BCUT2D eigenvalue weighted by molar-refractivity contribution is 6.39. The van der Waals surface area contributed by atoms with Gasteiger partial charge in [-0.1, -0.05) is 26.0 Å². The van der Waals surface area contributed by atoms with E-state index in [1.54, 1.807) is 18.2 Å². The molecule has 2 aromatic rings. The molecular weight excluding hydrogens is 426 g/mol. The first-order valence-electron chi connectivity index (χ1n) is 12.0. The minimum atomic E-state index is -0.729. The molecule has 178 valence electrons. The molecule has 0 radical (unpaired) electrons. The lowest BCUT2D eigenvalue weighted by atomic mass is 9.79. The number of aryl methyl sites for hydroxylation is 2. The fourth-order valence-corrected chi connectivity index (χ4v) is 5.33. The third-order valence-corrected chi connectivity index (χ3v) is 7.09. The van der Waals surface area contributed by atoms with Crippen LogP contribution >= 0.6 is 0 Å². The van der Waals surface area contributed by atoms with Crippen molar-refractivity contribution >= 4 is 35.3 Å². The van der Waals surface area contributed by atoms with Gasteiger partial charge in [-0.25, -0.2) is 9.69 Å². The summed E-state index contributed by atoms with van der Waals surface area (Å²) >= 11 is 0. The first-order valence-corrected chi connectivity index (χ1v) is 12.0. The highest BCUT2D eigenvalue weighted by Crippen LogP contribution is 2.44. The molecule has 0 aromatic heterocycles. The second-order valence-electron chi connectivity index (χ2n) is 9.91. The molecule has 1 atom stereocenters. The number of amides is 4. The molecule has 1 fully saturated rings. The summed E-state index contributed by atoms with van der Waals surface area (Å²) in [6, 6.07) is 10.7. The highest BCUT2D eigenvalue weighted by atomic mass is 16.2. The molecule has 1 saturated heterocycles. The summed E-state index contributed by atoms with van der Waals surface area (Å²) in [6.07, 6.45) is 3.49. The van der Waals surface area contributed by atoms with Crippen LogP contribution in [-0.2, 0) is 16.0 Å². The predicted octanol–water partition coefficient (Wildman–Crippen LogP) is 5.34. The van der Waals surface area contributed by atoms with Gasteiger partial charge in [0.25, 0.3) is 11.8 Å². The van der Waals surface area contributed by atoms with E-state index in [0.717, 1.165) is 41.0 Å². The van der Waals surface area contributed by atoms with Crippen LogP contribution in [-0.4, -0.2) is 29.9 Å². The predicted molar refractivity (Wildman–Crippen MR) is 136 cm³/mol. The van der Waals surface area contributed by atoms with Crippen molar-refractivity contribution in [3.63, 3.8) is 0 Å². The number of hydrogen-bond donors (Lipinski definition) is 1. The van der Waals surface area contributed by atoms with Gasteiger partial charge in [0.2, 0.25) is 0 Å². The van der Waals surface area contributed by atoms with E-state index in [4.69, 9.17) is 0 Å². The molecule has 1 N–H and O–H groups in total. The number of carbonyl (C=O) groups is 3. The number of hydrogen-bond acceptors (Lipinski definition) is 4. The molecule has 6 heteroatoms. The summed E-state index contributed by atoms with van der Waals surface area (Å²) in [5.41, 5.74) is 5.77. The Bertz CT molecular complexity index is 1190. The quantitative estimate of drug-likeness (QED) is 0.495. The van der Waals surface area contributed by atoms with Crippen molar-refractivity contribution in [1.29, 1.82) is 0 Å². The van der Waals surface area contributed by atoms with Crippen LogP contribution in [0.15, 0.2) is 42.0 Å². The molecule has 34 heavy (non-hydrogen) atoms. The van der Waals surface area contributed by atoms with Gasteiger partial charge in [-0.3, -0.25) is 14.9 Å². The Hall–Kier alpha value is -3.41. The van der Waals surface area contributed by atoms with Crippen LogP contribution in [0.1, 0.15) is 69.2 Å². The van der Waals surface area contributed by atoms with Crippen LogP contribution in [0.5, 0.6) is 0 Å². The number of nitrogens with zero attached hydrogens (tertiary/aromatic N) is 2. The molecule has 2 aromatic carbocycles. The van der Waals surface area contributed by atoms with Gasteiger partial charge in [0, 0.05) is 17.8 Å². The summed E-state index contributed by atoms with van der Waals surface area (Å²) in [6.45, 7) is 13.9. The van der Waals surface area contributed by atoms with Gasteiger partial charge >= 0.3 is 6.03 Å². The fraction of sp³-hybridized carbons (Fsp3) is 0.393. The van der Waals surface area contributed by atoms with Crippen molar-refractivity contribution in [2.45, 2.75) is 65.8 Å². The monoisotopic (exact) mass is 459 g/mol. The van der Waals surface area contributed by atoms with Crippen LogP contribution in [0, 0.1) is 6.92 Å². The van der Waals surface area contributed by atoms with E-state index in [1.807, 2.05) is 26.0 Å². The van der Waals surface area contributed by atoms with Gasteiger partial charge in [-0.05, 0) is 99.0 Å². The molecular formula is C28H33N3O3. The fourth-order valence-electron chi connectivity index (χ4n) is 5.33.